The molecule has 2 fully saturated rings. The Bertz CT molecular complexity index is 358. The minimum absolute atomic E-state index is 0.177. The van der Waals surface area contributed by atoms with Gasteiger partial charge in [-0.25, -0.2) is 12.7 Å². The third-order valence-electron chi connectivity index (χ3n) is 4.31. The van der Waals surface area contributed by atoms with Gasteiger partial charge in [0.2, 0.25) is 10.0 Å². The summed E-state index contributed by atoms with van der Waals surface area (Å²) in [6.07, 6.45) is 3.41. The van der Waals surface area contributed by atoms with Gasteiger partial charge in [-0.3, -0.25) is 0 Å². The number of nitrogens with one attached hydrogen (secondary N) is 1. The summed E-state index contributed by atoms with van der Waals surface area (Å²) in [4.78, 5) is 2.27. The Balaban J connectivity index is 2.00. The molecule has 0 amide bonds. The van der Waals surface area contributed by atoms with E-state index in [9.17, 15) is 8.42 Å². The second-order valence-electron chi connectivity index (χ2n) is 5.54. The molecule has 2 rings (SSSR count). The van der Waals surface area contributed by atoms with E-state index in [-0.39, 0.29) is 11.3 Å². The molecule has 0 unspecified atom stereocenters. The summed E-state index contributed by atoms with van der Waals surface area (Å²) < 4.78 is 26.8. The van der Waals surface area contributed by atoms with Crippen LogP contribution in [0.3, 0.4) is 0 Å². The molecule has 0 aromatic carbocycles. The van der Waals surface area contributed by atoms with E-state index in [0.717, 1.165) is 51.9 Å². The first-order chi connectivity index (χ1) is 8.51. The lowest BCUT2D eigenvalue weighted by molar-refractivity contribution is 0.196. The van der Waals surface area contributed by atoms with Crippen LogP contribution >= 0.6 is 0 Å². The number of piperidine rings is 2. The van der Waals surface area contributed by atoms with Crippen LogP contribution in [-0.2, 0) is 10.0 Å². The highest BCUT2D eigenvalue weighted by Gasteiger charge is 2.35. The van der Waals surface area contributed by atoms with Crippen molar-refractivity contribution in [3.05, 3.63) is 0 Å². The molecule has 2 saturated heterocycles. The van der Waals surface area contributed by atoms with Crippen LogP contribution in [0.4, 0.5) is 0 Å². The molecule has 2 aliphatic heterocycles. The van der Waals surface area contributed by atoms with Crippen molar-refractivity contribution in [3.8, 4) is 0 Å². The standard InChI is InChI=1S/C12H25N3O2S/c1-14-9-5-11(6-10-14)15(2)18(16,17)12-3-7-13-8-4-12/h11-13H,3-10H2,1-2H3. The molecule has 0 aliphatic carbocycles. The lowest BCUT2D eigenvalue weighted by Gasteiger charge is -2.37. The van der Waals surface area contributed by atoms with Gasteiger partial charge in [-0.1, -0.05) is 0 Å². The summed E-state index contributed by atoms with van der Waals surface area (Å²) in [5.41, 5.74) is 0. The predicted octanol–water partition coefficient (Wildman–Crippen LogP) is 0.0942. The third-order valence-corrected chi connectivity index (χ3v) is 6.73. The molecule has 0 atom stereocenters. The van der Waals surface area contributed by atoms with E-state index >= 15 is 0 Å². The van der Waals surface area contributed by atoms with Crippen molar-refractivity contribution in [2.75, 3.05) is 40.3 Å². The molecule has 0 saturated carbocycles. The predicted molar refractivity (Wildman–Crippen MR) is 73.1 cm³/mol. The zero-order valence-corrected chi connectivity index (χ0v) is 12.2. The minimum atomic E-state index is -3.10. The van der Waals surface area contributed by atoms with E-state index in [1.165, 1.54) is 0 Å². The SMILES string of the molecule is CN1CCC(N(C)S(=O)(=O)C2CCNCC2)CC1. The maximum Gasteiger partial charge on any atom is 0.217 e. The Morgan fingerprint density at radius 2 is 1.67 bits per heavy atom. The first-order valence-corrected chi connectivity index (χ1v) is 8.38. The van der Waals surface area contributed by atoms with Crippen molar-refractivity contribution in [3.63, 3.8) is 0 Å². The first kappa shape index (κ1) is 14.2. The number of rotatable bonds is 3. The van der Waals surface area contributed by atoms with E-state index in [0.29, 0.717) is 0 Å². The number of nitrogens with zero attached hydrogens (tertiary/aromatic N) is 2. The monoisotopic (exact) mass is 275 g/mol. The average molecular weight is 275 g/mol. The quantitative estimate of drug-likeness (QED) is 0.793. The van der Waals surface area contributed by atoms with Crippen LogP contribution in [0.15, 0.2) is 0 Å². The van der Waals surface area contributed by atoms with E-state index in [1.807, 2.05) is 0 Å². The maximum absolute atomic E-state index is 12.6. The molecule has 2 heterocycles. The minimum Gasteiger partial charge on any atom is -0.317 e. The molecule has 0 spiro atoms. The van der Waals surface area contributed by atoms with Crippen molar-refractivity contribution in [2.45, 2.75) is 37.0 Å². The normalized spacial score (nSPS) is 25.7. The van der Waals surface area contributed by atoms with E-state index in [2.05, 4.69) is 17.3 Å². The maximum atomic E-state index is 12.6. The summed E-state index contributed by atoms with van der Waals surface area (Å²) >= 11 is 0. The summed E-state index contributed by atoms with van der Waals surface area (Å²) in [6.45, 7) is 3.64. The Morgan fingerprint density at radius 3 is 2.22 bits per heavy atom. The van der Waals surface area contributed by atoms with E-state index in [4.69, 9.17) is 0 Å². The van der Waals surface area contributed by atoms with Gasteiger partial charge in [-0.05, 0) is 58.9 Å². The molecule has 18 heavy (non-hydrogen) atoms. The summed E-state index contributed by atoms with van der Waals surface area (Å²) in [5, 5.41) is 3.04. The van der Waals surface area contributed by atoms with Gasteiger partial charge in [0.25, 0.3) is 0 Å². The summed E-state index contributed by atoms with van der Waals surface area (Å²) in [5.74, 6) is 0. The Morgan fingerprint density at radius 1 is 1.11 bits per heavy atom. The number of likely N-dealkylation sites (tertiary alicyclic amines) is 1. The highest BCUT2D eigenvalue weighted by atomic mass is 32.2. The van der Waals surface area contributed by atoms with Crippen LogP contribution in [0.25, 0.3) is 0 Å². The molecule has 5 nitrogen and oxygen atoms in total. The second-order valence-corrected chi connectivity index (χ2v) is 7.82. The van der Waals surface area contributed by atoms with Crippen LogP contribution in [-0.4, -0.2) is 69.2 Å². The van der Waals surface area contributed by atoms with Gasteiger partial charge >= 0.3 is 0 Å². The molecular weight excluding hydrogens is 250 g/mol. The van der Waals surface area contributed by atoms with Crippen LogP contribution in [0, 0.1) is 0 Å². The fourth-order valence-corrected chi connectivity index (χ4v) is 4.82. The topological polar surface area (TPSA) is 52.7 Å². The van der Waals surface area contributed by atoms with Gasteiger partial charge in [0.15, 0.2) is 0 Å². The van der Waals surface area contributed by atoms with Crippen LogP contribution in [0.5, 0.6) is 0 Å². The van der Waals surface area contributed by atoms with Crippen molar-refractivity contribution in [2.24, 2.45) is 0 Å². The van der Waals surface area contributed by atoms with Gasteiger partial charge in [-0.2, -0.15) is 0 Å². The van der Waals surface area contributed by atoms with E-state index < -0.39 is 10.0 Å². The number of sulfonamides is 1. The van der Waals surface area contributed by atoms with Crippen molar-refractivity contribution in [1.29, 1.82) is 0 Å². The van der Waals surface area contributed by atoms with Crippen molar-refractivity contribution < 1.29 is 8.42 Å². The highest BCUT2D eigenvalue weighted by Crippen LogP contribution is 2.23. The highest BCUT2D eigenvalue weighted by molar-refractivity contribution is 7.89. The van der Waals surface area contributed by atoms with Crippen molar-refractivity contribution in [1.82, 2.24) is 14.5 Å². The molecule has 0 radical (unpaired) electrons. The molecule has 0 aromatic heterocycles. The van der Waals surface area contributed by atoms with Gasteiger partial charge < -0.3 is 10.2 Å². The van der Waals surface area contributed by atoms with Crippen molar-refractivity contribution >= 4 is 10.0 Å². The Labute approximate surface area is 111 Å². The number of hydrogen-bond acceptors (Lipinski definition) is 4. The Kier molecular flexibility index (Phi) is 4.64. The molecule has 6 heteroatoms. The van der Waals surface area contributed by atoms with Crippen LogP contribution in [0.1, 0.15) is 25.7 Å². The molecule has 2 aliphatic rings. The molecule has 106 valence electrons. The summed E-state index contributed by atoms with van der Waals surface area (Å²) in [6, 6.07) is 0.195. The molecule has 1 N–H and O–H groups in total. The van der Waals surface area contributed by atoms with Gasteiger partial charge in [0, 0.05) is 13.1 Å². The molecule has 0 bridgehead atoms. The van der Waals surface area contributed by atoms with Crippen LogP contribution < -0.4 is 5.32 Å². The number of hydrogen-bond donors (Lipinski definition) is 1. The second kappa shape index (κ2) is 5.86. The smallest absolute Gasteiger partial charge is 0.217 e. The first-order valence-electron chi connectivity index (χ1n) is 6.88. The fraction of sp³-hybridized carbons (Fsp3) is 1.00. The largest absolute Gasteiger partial charge is 0.317 e. The lowest BCUT2D eigenvalue weighted by atomic mass is 10.1. The zero-order chi connectivity index (χ0) is 13.2. The molecule has 0 aromatic rings. The van der Waals surface area contributed by atoms with E-state index in [1.54, 1.807) is 11.4 Å². The Hall–Kier alpha value is -0.170. The zero-order valence-electron chi connectivity index (χ0n) is 11.4. The van der Waals surface area contributed by atoms with Gasteiger partial charge in [-0.15, -0.1) is 0 Å². The van der Waals surface area contributed by atoms with Crippen LogP contribution in [0.2, 0.25) is 0 Å². The van der Waals surface area contributed by atoms with Gasteiger partial charge in [0.1, 0.15) is 0 Å². The summed E-state index contributed by atoms with van der Waals surface area (Å²) in [7, 11) is 0.762. The molecular formula is C12H25N3O2S. The fourth-order valence-electron chi connectivity index (χ4n) is 2.89. The lowest BCUT2D eigenvalue weighted by Crippen LogP contribution is -2.49. The average Bonchev–Trinajstić information content (AvgIpc) is 2.40. The van der Waals surface area contributed by atoms with Gasteiger partial charge in [0.05, 0.1) is 5.25 Å². The third kappa shape index (κ3) is 3.04.